The Morgan fingerprint density at radius 1 is 1.24 bits per heavy atom. The topological polar surface area (TPSA) is 90.7 Å². The molecule has 2 rings (SSSR count). The van der Waals surface area contributed by atoms with E-state index >= 15 is 0 Å². The van der Waals surface area contributed by atoms with Gasteiger partial charge in [-0.15, -0.1) is 0 Å². The van der Waals surface area contributed by atoms with Crippen molar-refractivity contribution >= 4 is 29.1 Å². The fourth-order valence-corrected chi connectivity index (χ4v) is 2.17. The predicted molar refractivity (Wildman–Crippen MR) is 91.6 cm³/mol. The molecule has 0 heterocycles. The standard InChI is InChI=1S/C17H16ClFN2O4/c1-9(17(23)21-10-3-6-14(19)13(18)7-10)25-15-8-11(24-2)4-5-12(15)16(20)22/h3-9H,1-2H3,(H2,20,22)(H,21,23). The minimum atomic E-state index is -0.964. The number of nitrogens with two attached hydrogens (primary N) is 1. The summed E-state index contributed by atoms with van der Waals surface area (Å²) in [6.07, 6.45) is -0.964. The van der Waals surface area contributed by atoms with Crippen molar-refractivity contribution in [3.63, 3.8) is 0 Å². The van der Waals surface area contributed by atoms with E-state index < -0.39 is 23.7 Å². The van der Waals surface area contributed by atoms with Crippen LogP contribution in [-0.2, 0) is 4.79 Å². The third-order valence-corrected chi connectivity index (χ3v) is 3.60. The number of ether oxygens (including phenoxy) is 2. The van der Waals surface area contributed by atoms with Gasteiger partial charge in [-0.1, -0.05) is 11.6 Å². The van der Waals surface area contributed by atoms with Crippen LogP contribution in [0.1, 0.15) is 17.3 Å². The second-order valence-corrected chi connectivity index (χ2v) is 5.51. The summed E-state index contributed by atoms with van der Waals surface area (Å²) in [5.74, 6) is -1.24. The van der Waals surface area contributed by atoms with Crippen molar-refractivity contribution < 1.29 is 23.5 Å². The van der Waals surface area contributed by atoms with Crippen LogP contribution < -0.4 is 20.5 Å². The van der Waals surface area contributed by atoms with Gasteiger partial charge >= 0.3 is 0 Å². The summed E-state index contributed by atoms with van der Waals surface area (Å²) in [6.45, 7) is 1.49. The highest BCUT2D eigenvalue weighted by Gasteiger charge is 2.19. The first-order valence-corrected chi connectivity index (χ1v) is 7.60. The molecule has 0 aromatic heterocycles. The number of benzene rings is 2. The number of hydrogen-bond acceptors (Lipinski definition) is 4. The number of carbonyl (C=O) groups is 2. The molecule has 0 saturated heterocycles. The van der Waals surface area contributed by atoms with Crippen LogP contribution in [0.25, 0.3) is 0 Å². The molecular weight excluding hydrogens is 351 g/mol. The lowest BCUT2D eigenvalue weighted by molar-refractivity contribution is -0.122. The Bertz CT molecular complexity index is 813. The van der Waals surface area contributed by atoms with Crippen LogP contribution >= 0.6 is 11.6 Å². The summed E-state index contributed by atoms with van der Waals surface area (Å²) in [5, 5.41) is 2.43. The highest BCUT2D eigenvalue weighted by atomic mass is 35.5. The monoisotopic (exact) mass is 366 g/mol. The molecule has 0 radical (unpaired) electrons. The quantitative estimate of drug-likeness (QED) is 0.822. The fraction of sp³-hybridized carbons (Fsp3) is 0.176. The molecule has 1 atom stereocenters. The largest absolute Gasteiger partial charge is 0.497 e. The summed E-state index contributed by atoms with van der Waals surface area (Å²) in [4.78, 5) is 23.7. The van der Waals surface area contributed by atoms with Gasteiger partial charge in [0.1, 0.15) is 17.3 Å². The van der Waals surface area contributed by atoms with Gasteiger partial charge in [-0.05, 0) is 37.3 Å². The minimum Gasteiger partial charge on any atom is -0.497 e. The number of hydrogen-bond donors (Lipinski definition) is 2. The predicted octanol–water partition coefficient (Wildman–Crippen LogP) is 2.99. The lowest BCUT2D eigenvalue weighted by Gasteiger charge is -2.17. The number of nitrogens with one attached hydrogen (secondary N) is 1. The molecule has 2 aromatic carbocycles. The SMILES string of the molecule is COc1ccc(C(N)=O)c(OC(C)C(=O)Nc2ccc(F)c(Cl)c2)c1. The van der Waals surface area contributed by atoms with Gasteiger partial charge in [0.15, 0.2) is 6.10 Å². The smallest absolute Gasteiger partial charge is 0.265 e. The normalized spacial score (nSPS) is 11.5. The Balaban J connectivity index is 2.15. The summed E-state index contributed by atoms with van der Waals surface area (Å²) >= 11 is 5.67. The average molecular weight is 367 g/mol. The number of amides is 2. The van der Waals surface area contributed by atoms with E-state index in [9.17, 15) is 14.0 Å². The molecule has 0 saturated carbocycles. The third-order valence-electron chi connectivity index (χ3n) is 3.31. The number of rotatable bonds is 6. The number of methoxy groups -OCH3 is 1. The highest BCUT2D eigenvalue weighted by molar-refractivity contribution is 6.31. The molecule has 25 heavy (non-hydrogen) atoms. The van der Waals surface area contributed by atoms with Gasteiger partial charge in [0, 0.05) is 11.8 Å². The van der Waals surface area contributed by atoms with E-state index in [1.165, 1.54) is 38.3 Å². The van der Waals surface area contributed by atoms with E-state index in [4.69, 9.17) is 26.8 Å². The Morgan fingerprint density at radius 2 is 1.96 bits per heavy atom. The van der Waals surface area contributed by atoms with Crippen LogP contribution in [0, 0.1) is 5.82 Å². The van der Waals surface area contributed by atoms with Gasteiger partial charge in [0.2, 0.25) is 0 Å². The maximum atomic E-state index is 13.1. The van der Waals surface area contributed by atoms with Crippen LogP contribution in [-0.4, -0.2) is 25.0 Å². The molecule has 1 unspecified atom stereocenters. The summed E-state index contributed by atoms with van der Waals surface area (Å²) in [6, 6.07) is 8.24. The van der Waals surface area contributed by atoms with Crippen molar-refractivity contribution in [1.82, 2.24) is 0 Å². The Morgan fingerprint density at radius 3 is 2.56 bits per heavy atom. The van der Waals surface area contributed by atoms with Gasteiger partial charge < -0.3 is 20.5 Å². The van der Waals surface area contributed by atoms with Gasteiger partial charge in [0.25, 0.3) is 11.8 Å². The van der Waals surface area contributed by atoms with E-state index in [0.717, 1.165) is 6.07 Å². The summed E-state index contributed by atoms with van der Waals surface area (Å²) in [7, 11) is 1.46. The molecule has 3 N–H and O–H groups in total. The number of primary amides is 1. The number of halogens is 2. The highest BCUT2D eigenvalue weighted by Crippen LogP contribution is 2.26. The van der Waals surface area contributed by atoms with Crippen LogP contribution in [0.2, 0.25) is 5.02 Å². The zero-order valence-corrected chi connectivity index (χ0v) is 14.3. The molecule has 2 aromatic rings. The molecular formula is C17H16ClFN2O4. The van der Waals surface area contributed by atoms with E-state index in [1.807, 2.05) is 0 Å². The Kier molecular flexibility index (Phi) is 5.82. The molecule has 0 aliphatic rings. The molecule has 0 fully saturated rings. The second kappa shape index (κ2) is 7.85. The molecule has 6 nitrogen and oxygen atoms in total. The van der Waals surface area contributed by atoms with Crippen molar-refractivity contribution in [2.45, 2.75) is 13.0 Å². The maximum Gasteiger partial charge on any atom is 0.265 e. The van der Waals surface area contributed by atoms with Crippen molar-refractivity contribution in [2.24, 2.45) is 5.73 Å². The first-order valence-electron chi connectivity index (χ1n) is 7.22. The van der Waals surface area contributed by atoms with Crippen molar-refractivity contribution in [2.75, 3.05) is 12.4 Å². The number of anilines is 1. The van der Waals surface area contributed by atoms with Crippen LogP contribution in [0.15, 0.2) is 36.4 Å². The van der Waals surface area contributed by atoms with E-state index in [0.29, 0.717) is 11.4 Å². The first kappa shape index (κ1) is 18.5. The van der Waals surface area contributed by atoms with E-state index in [2.05, 4.69) is 5.32 Å². The second-order valence-electron chi connectivity index (χ2n) is 5.10. The van der Waals surface area contributed by atoms with Crippen molar-refractivity contribution in [1.29, 1.82) is 0 Å². The molecule has 0 aliphatic carbocycles. The van der Waals surface area contributed by atoms with E-state index in [1.54, 1.807) is 6.07 Å². The van der Waals surface area contributed by atoms with Crippen LogP contribution in [0.3, 0.4) is 0 Å². The lowest BCUT2D eigenvalue weighted by atomic mass is 10.1. The van der Waals surface area contributed by atoms with Crippen molar-refractivity contribution in [3.8, 4) is 11.5 Å². The zero-order valence-electron chi connectivity index (χ0n) is 13.5. The lowest BCUT2D eigenvalue weighted by Crippen LogP contribution is -2.31. The minimum absolute atomic E-state index is 0.116. The van der Waals surface area contributed by atoms with Crippen LogP contribution in [0.4, 0.5) is 10.1 Å². The number of carbonyl (C=O) groups excluding carboxylic acids is 2. The van der Waals surface area contributed by atoms with E-state index in [-0.39, 0.29) is 16.3 Å². The zero-order chi connectivity index (χ0) is 18.6. The molecule has 0 aliphatic heterocycles. The molecule has 0 spiro atoms. The summed E-state index contributed by atoms with van der Waals surface area (Å²) in [5.41, 5.74) is 5.73. The molecule has 132 valence electrons. The molecule has 0 bridgehead atoms. The first-order chi connectivity index (χ1) is 11.8. The van der Waals surface area contributed by atoms with Crippen LogP contribution in [0.5, 0.6) is 11.5 Å². The average Bonchev–Trinajstić information content (AvgIpc) is 2.57. The maximum absolute atomic E-state index is 13.1. The van der Waals surface area contributed by atoms with Gasteiger partial charge in [-0.2, -0.15) is 0 Å². The Labute approximate surface area is 148 Å². The Hall–Kier alpha value is -2.80. The molecule has 2 amide bonds. The van der Waals surface area contributed by atoms with Gasteiger partial charge in [-0.3, -0.25) is 9.59 Å². The fourth-order valence-electron chi connectivity index (χ4n) is 1.99. The summed E-state index contributed by atoms with van der Waals surface area (Å²) < 4.78 is 23.8. The molecule has 8 heteroatoms. The van der Waals surface area contributed by atoms with Crippen molar-refractivity contribution in [3.05, 3.63) is 52.8 Å². The third kappa shape index (κ3) is 4.60. The van der Waals surface area contributed by atoms with Gasteiger partial charge in [0.05, 0.1) is 17.7 Å². The van der Waals surface area contributed by atoms with Gasteiger partial charge in [-0.25, -0.2) is 4.39 Å².